The third-order valence-electron chi connectivity index (χ3n) is 3.31. The molecule has 0 saturated carbocycles. The van der Waals surface area contributed by atoms with Gasteiger partial charge in [-0.05, 0) is 58.5 Å². The highest BCUT2D eigenvalue weighted by Gasteiger charge is 2.44. The van der Waals surface area contributed by atoms with Crippen molar-refractivity contribution in [1.82, 2.24) is 0 Å². The Kier molecular flexibility index (Phi) is 3.96. The second-order valence-corrected chi connectivity index (χ2v) is 8.03. The van der Waals surface area contributed by atoms with Crippen LogP contribution >= 0.6 is 45.5 Å². The molecule has 1 aromatic heterocycles. The van der Waals surface area contributed by atoms with Crippen molar-refractivity contribution >= 4 is 68.9 Å². The smallest absolute Gasteiger partial charge is 0.326 e. The number of nitrogens with zero attached hydrogens (tertiary/aromatic N) is 1. The molecule has 1 aromatic carbocycles. The van der Waals surface area contributed by atoms with Crippen LogP contribution in [0.3, 0.4) is 0 Å². The van der Waals surface area contributed by atoms with Crippen LogP contribution in [0.2, 0.25) is 5.02 Å². The van der Waals surface area contributed by atoms with Crippen LogP contribution in [0.15, 0.2) is 30.3 Å². The standard InChI is InChI=1S/C14H8ClIN2O3S/c15-6-1-2-8-7(5-6)11(13(20)18(8)14(17)21)12(19)9-3-4-10(16)22-9/h1-5,11H,(H2,17,21). The van der Waals surface area contributed by atoms with Gasteiger partial charge in [-0.2, -0.15) is 0 Å². The number of hydrogen-bond acceptors (Lipinski definition) is 4. The van der Waals surface area contributed by atoms with E-state index in [2.05, 4.69) is 22.6 Å². The van der Waals surface area contributed by atoms with Crippen LogP contribution in [0.1, 0.15) is 21.2 Å². The number of ketones is 1. The Morgan fingerprint density at radius 2 is 2.00 bits per heavy atom. The van der Waals surface area contributed by atoms with E-state index in [1.54, 1.807) is 18.2 Å². The fraction of sp³-hybridized carbons (Fsp3) is 0.0714. The summed E-state index contributed by atoms with van der Waals surface area (Å²) in [7, 11) is 0. The van der Waals surface area contributed by atoms with Crippen molar-refractivity contribution in [1.29, 1.82) is 0 Å². The zero-order valence-corrected chi connectivity index (χ0v) is 14.6. The number of nitrogens with two attached hydrogens (primary N) is 1. The van der Waals surface area contributed by atoms with E-state index in [9.17, 15) is 14.4 Å². The van der Waals surface area contributed by atoms with E-state index >= 15 is 0 Å². The molecule has 1 aliphatic rings. The first-order chi connectivity index (χ1) is 10.4. The second kappa shape index (κ2) is 5.64. The van der Waals surface area contributed by atoms with Crippen LogP contribution < -0.4 is 10.6 Å². The Balaban J connectivity index is 2.12. The van der Waals surface area contributed by atoms with Crippen LogP contribution in [-0.4, -0.2) is 17.7 Å². The Morgan fingerprint density at radius 3 is 2.59 bits per heavy atom. The van der Waals surface area contributed by atoms with E-state index in [1.807, 2.05) is 0 Å². The molecule has 0 fully saturated rings. The van der Waals surface area contributed by atoms with Gasteiger partial charge < -0.3 is 5.73 Å². The molecule has 0 saturated heterocycles. The molecular formula is C14H8ClIN2O3S. The number of primary amides is 1. The normalized spacial score (nSPS) is 16.7. The molecule has 2 N–H and O–H groups in total. The lowest BCUT2D eigenvalue weighted by atomic mass is 9.95. The lowest BCUT2D eigenvalue weighted by Crippen LogP contribution is -2.40. The minimum atomic E-state index is -1.09. The molecule has 0 bridgehead atoms. The molecule has 2 aromatic rings. The van der Waals surface area contributed by atoms with E-state index in [0.29, 0.717) is 21.2 Å². The summed E-state index contributed by atoms with van der Waals surface area (Å²) in [4.78, 5) is 38.0. The number of anilines is 1. The topological polar surface area (TPSA) is 80.5 Å². The summed E-state index contributed by atoms with van der Waals surface area (Å²) in [5.74, 6) is -2.08. The van der Waals surface area contributed by atoms with E-state index in [0.717, 1.165) is 7.78 Å². The van der Waals surface area contributed by atoms with Crippen molar-refractivity contribution in [3.63, 3.8) is 0 Å². The van der Waals surface area contributed by atoms with Crippen LogP contribution in [0.4, 0.5) is 10.5 Å². The number of carbonyl (C=O) groups is 3. The first-order valence-electron chi connectivity index (χ1n) is 6.12. The Hall–Kier alpha value is -1.45. The highest BCUT2D eigenvalue weighted by Crippen LogP contribution is 2.41. The van der Waals surface area contributed by atoms with Gasteiger partial charge in [0.05, 0.1) is 13.4 Å². The van der Waals surface area contributed by atoms with Crippen molar-refractivity contribution in [2.45, 2.75) is 5.92 Å². The van der Waals surface area contributed by atoms with Crippen molar-refractivity contribution < 1.29 is 14.4 Å². The fourth-order valence-corrected chi connectivity index (χ4v) is 4.18. The zero-order valence-electron chi connectivity index (χ0n) is 10.9. The van der Waals surface area contributed by atoms with E-state index in [4.69, 9.17) is 17.3 Å². The molecule has 8 heteroatoms. The van der Waals surface area contributed by atoms with Crippen molar-refractivity contribution in [2.75, 3.05) is 4.90 Å². The zero-order chi connectivity index (χ0) is 16.0. The first kappa shape index (κ1) is 15.4. The Labute approximate surface area is 148 Å². The maximum Gasteiger partial charge on any atom is 0.326 e. The number of halogens is 2. The Bertz CT molecular complexity index is 820. The van der Waals surface area contributed by atoms with Crippen molar-refractivity contribution in [3.05, 3.63) is 48.7 Å². The molecule has 1 atom stereocenters. The molecule has 22 heavy (non-hydrogen) atoms. The number of Topliss-reactive ketones (excluding diaryl/α,β-unsaturated/α-hetero) is 1. The van der Waals surface area contributed by atoms with Crippen LogP contribution in [0.25, 0.3) is 0 Å². The van der Waals surface area contributed by atoms with Gasteiger partial charge in [0.2, 0.25) is 0 Å². The van der Waals surface area contributed by atoms with E-state index in [-0.39, 0.29) is 5.78 Å². The lowest BCUT2D eigenvalue weighted by molar-refractivity contribution is -0.117. The van der Waals surface area contributed by atoms with Gasteiger partial charge >= 0.3 is 6.03 Å². The highest BCUT2D eigenvalue weighted by atomic mass is 127. The monoisotopic (exact) mass is 446 g/mol. The van der Waals surface area contributed by atoms with E-state index < -0.39 is 17.9 Å². The summed E-state index contributed by atoms with van der Waals surface area (Å²) < 4.78 is 0.935. The number of imide groups is 1. The number of urea groups is 1. The second-order valence-electron chi connectivity index (χ2n) is 4.62. The summed E-state index contributed by atoms with van der Waals surface area (Å²) >= 11 is 9.35. The SMILES string of the molecule is NC(=O)N1C(=O)C(C(=O)c2ccc(I)s2)c2cc(Cl)ccc21. The molecule has 2 heterocycles. The Morgan fingerprint density at radius 1 is 1.27 bits per heavy atom. The molecule has 5 nitrogen and oxygen atoms in total. The molecule has 3 amide bonds. The van der Waals surface area contributed by atoms with Gasteiger partial charge in [0.1, 0.15) is 5.92 Å². The van der Waals surface area contributed by atoms with Gasteiger partial charge in [0.25, 0.3) is 5.91 Å². The van der Waals surface area contributed by atoms with Crippen molar-refractivity contribution in [3.8, 4) is 0 Å². The fourth-order valence-electron chi connectivity index (χ4n) is 2.41. The van der Waals surface area contributed by atoms with Gasteiger partial charge in [-0.15, -0.1) is 11.3 Å². The maximum absolute atomic E-state index is 12.7. The molecule has 0 aliphatic carbocycles. The van der Waals surface area contributed by atoms with Crippen LogP contribution in [-0.2, 0) is 4.79 Å². The number of benzene rings is 1. The van der Waals surface area contributed by atoms with Gasteiger partial charge in [-0.3, -0.25) is 9.59 Å². The summed E-state index contributed by atoms with van der Waals surface area (Å²) in [5.41, 5.74) is 5.99. The molecule has 3 rings (SSSR count). The van der Waals surface area contributed by atoms with Gasteiger partial charge in [-0.25, -0.2) is 9.69 Å². The highest BCUT2D eigenvalue weighted by molar-refractivity contribution is 14.1. The number of hydrogen-bond donors (Lipinski definition) is 1. The van der Waals surface area contributed by atoms with E-state index in [1.165, 1.54) is 23.5 Å². The average molecular weight is 447 g/mol. The summed E-state index contributed by atoms with van der Waals surface area (Å²) in [6.45, 7) is 0. The molecule has 1 unspecified atom stereocenters. The largest absolute Gasteiger partial charge is 0.351 e. The predicted octanol–water partition coefficient (Wildman–Crippen LogP) is 3.40. The third kappa shape index (κ3) is 2.42. The molecule has 112 valence electrons. The minimum Gasteiger partial charge on any atom is -0.351 e. The quantitative estimate of drug-likeness (QED) is 0.436. The minimum absolute atomic E-state index is 0.312. The molecule has 0 radical (unpaired) electrons. The summed E-state index contributed by atoms with van der Waals surface area (Å²) in [5, 5.41) is 0.386. The summed E-state index contributed by atoms with van der Waals surface area (Å²) in [6, 6.07) is 7.14. The summed E-state index contributed by atoms with van der Waals surface area (Å²) in [6.07, 6.45) is 0. The number of amides is 3. The molecular weight excluding hydrogens is 439 g/mol. The van der Waals surface area contributed by atoms with Crippen molar-refractivity contribution in [2.24, 2.45) is 5.73 Å². The number of fused-ring (bicyclic) bond motifs is 1. The van der Waals surface area contributed by atoms with Gasteiger partial charge in [-0.1, -0.05) is 11.6 Å². The third-order valence-corrected chi connectivity index (χ3v) is 5.45. The predicted molar refractivity (Wildman–Crippen MR) is 92.6 cm³/mol. The molecule has 1 aliphatic heterocycles. The number of carbonyl (C=O) groups excluding carboxylic acids is 3. The first-order valence-corrected chi connectivity index (χ1v) is 8.40. The lowest BCUT2D eigenvalue weighted by Gasteiger charge is -2.12. The molecule has 0 spiro atoms. The van der Waals surface area contributed by atoms with Crippen LogP contribution in [0.5, 0.6) is 0 Å². The number of rotatable bonds is 2. The maximum atomic E-state index is 12.7. The van der Waals surface area contributed by atoms with Crippen LogP contribution in [0, 0.1) is 2.88 Å². The van der Waals surface area contributed by atoms with Gasteiger partial charge in [0.15, 0.2) is 5.78 Å². The van der Waals surface area contributed by atoms with Gasteiger partial charge in [0, 0.05) is 5.02 Å². The number of thiophene rings is 1. The average Bonchev–Trinajstić information content (AvgIpc) is 2.98.